The summed E-state index contributed by atoms with van der Waals surface area (Å²) in [7, 11) is 3.26. The van der Waals surface area contributed by atoms with Crippen molar-refractivity contribution in [2.75, 3.05) is 20.8 Å². The average Bonchev–Trinajstić information content (AvgIpc) is 2.96. The molecule has 0 saturated carbocycles. The molecule has 1 amide bonds. The van der Waals surface area contributed by atoms with Crippen molar-refractivity contribution in [2.45, 2.75) is 13.0 Å². The number of amides is 1. The zero-order chi connectivity index (χ0) is 18.5. The zero-order valence-corrected chi connectivity index (χ0v) is 16.1. The fraction of sp³-hybridized carbons (Fsp3) is 0.263. The molecule has 1 aromatic heterocycles. The lowest BCUT2D eigenvalue weighted by atomic mass is 10.1. The van der Waals surface area contributed by atoms with E-state index in [0.717, 1.165) is 21.5 Å². The van der Waals surface area contributed by atoms with Crippen LogP contribution in [0.1, 0.15) is 5.56 Å². The molecule has 136 valence electrons. The van der Waals surface area contributed by atoms with E-state index in [2.05, 4.69) is 4.99 Å². The number of nitrogens with zero attached hydrogens (tertiary/aromatic N) is 2. The fourth-order valence-corrected chi connectivity index (χ4v) is 3.94. The monoisotopic (exact) mass is 390 g/mol. The second-order valence-corrected chi connectivity index (χ2v) is 7.12. The van der Waals surface area contributed by atoms with Gasteiger partial charge in [0.2, 0.25) is 0 Å². The van der Waals surface area contributed by atoms with E-state index in [9.17, 15) is 4.79 Å². The molecule has 0 aliphatic heterocycles. The number of carbonyl (C=O) groups excluding carboxylic acids is 1. The molecule has 0 unspecified atom stereocenters. The van der Waals surface area contributed by atoms with E-state index >= 15 is 0 Å². The summed E-state index contributed by atoms with van der Waals surface area (Å²) in [4.78, 5) is 17.4. The van der Waals surface area contributed by atoms with E-state index in [4.69, 9.17) is 21.1 Å². The minimum absolute atomic E-state index is 0.195. The summed E-state index contributed by atoms with van der Waals surface area (Å²) < 4.78 is 13.3. The van der Waals surface area contributed by atoms with Crippen molar-refractivity contribution in [2.24, 2.45) is 4.99 Å². The zero-order valence-electron chi connectivity index (χ0n) is 14.6. The Labute approximate surface area is 160 Å². The van der Waals surface area contributed by atoms with Crippen molar-refractivity contribution in [3.63, 3.8) is 0 Å². The summed E-state index contributed by atoms with van der Waals surface area (Å²) in [6.45, 7) is 1.15. The first-order valence-corrected chi connectivity index (χ1v) is 9.28. The molecule has 3 aromatic rings. The van der Waals surface area contributed by atoms with E-state index < -0.39 is 0 Å². The summed E-state index contributed by atoms with van der Waals surface area (Å²) in [6.07, 6.45) is 0.239. The maximum absolute atomic E-state index is 12.4. The predicted octanol–water partition coefficient (Wildman–Crippen LogP) is 3.68. The number of carbonyl (C=O) groups is 1. The Bertz CT molecular complexity index is 977. The van der Waals surface area contributed by atoms with Gasteiger partial charge >= 0.3 is 0 Å². The molecule has 26 heavy (non-hydrogen) atoms. The molecule has 0 aliphatic rings. The quantitative estimate of drug-likeness (QED) is 0.645. The van der Waals surface area contributed by atoms with Gasteiger partial charge in [-0.3, -0.25) is 4.79 Å². The Morgan fingerprint density at radius 3 is 2.65 bits per heavy atom. The van der Waals surface area contributed by atoms with E-state index in [1.807, 2.05) is 47.0 Å². The lowest BCUT2D eigenvalue weighted by Gasteiger charge is -2.04. The molecule has 3 rings (SSSR count). The highest BCUT2D eigenvalue weighted by atomic mass is 35.5. The van der Waals surface area contributed by atoms with E-state index in [0.29, 0.717) is 23.0 Å². The Morgan fingerprint density at radius 1 is 1.19 bits per heavy atom. The molecule has 0 bridgehead atoms. The molecule has 1 heterocycles. The highest BCUT2D eigenvalue weighted by Crippen LogP contribution is 2.22. The number of hydrogen-bond acceptors (Lipinski definition) is 4. The van der Waals surface area contributed by atoms with E-state index in [1.165, 1.54) is 11.3 Å². The van der Waals surface area contributed by atoms with Crippen molar-refractivity contribution in [3.8, 4) is 5.75 Å². The van der Waals surface area contributed by atoms with Crippen LogP contribution in [0.2, 0.25) is 5.02 Å². The van der Waals surface area contributed by atoms with Crippen LogP contribution < -0.4 is 9.54 Å². The molecule has 5 nitrogen and oxygen atoms in total. The number of thiazole rings is 1. The highest BCUT2D eigenvalue weighted by molar-refractivity contribution is 7.16. The number of aromatic nitrogens is 1. The maximum atomic E-state index is 12.4. The highest BCUT2D eigenvalue weighted by Gasteiger charge is 2.09. The van der Waals surface area contributed by atoms with Crippen LogP contribution in [0, 0.1) is 0 Å². The number of ether oxygens (including phenoxy) is 2. The van der Waals surface area contributed by atoms with Gasteiger partial charge < -0.3 is 14.0 Å². The first-order valence-electron chi connectivity index (χ1n) is 8.09. The number of benzene rings is 2. The van der Waals surface area contributed by atoms with Crippen LogP contribution >= 0.6 is 22.9 Å². The van der Waals surface area contributed by atoms with Crippen LogP contribution in [-0.2, 0) is 22.5 Å². The van der Waals surface area contributed by atoms with Gasteiger partial charge in [0.1, 0.15) is 5.75 Å². The van der Waals surface area contributed by atoms with Crippen molar-refractivity contribution < 1.29 is 14.3 Å². The summed E-state index contributed by atoms with van der Waals surface area (Å²) >= 11 is 7.54. The topological polar surface area (TPSA) is 52.8 Å². The molecule has 0 atom stereocenters. The molecule has 7 heteroatoms. The minimum atomic E-state index is -0.195. The molecule has 0 fully saturated rings. The smallest absolute Gasteiger partial charge is 0.252 e. The molecule has 0 saturated heterocycles. The Hall–Kier alpha value is -2.15. The Morgan fingerprint density at radius 2 is 1.96 bits per heavy atom. The van der Waals surface area contributed by atoms with Gasteiger partial charge in [0.25, 0.3) is 5.91 Å². The summed E-state index contributed by atoms with van der Waals surface area (Å²) in [6, 6.07) is 13.1. The van der Waals surface area contributed by atoms with Gasteiger partial charge in [-0.15, -0.1) is 0 Å². The van der Waals surface area contributed by atoms with Crippen LogP contribution in [0.15, 0.2) is 47.5 Å². The largest absolute Gasteiger partial charge is 0.497 e. The van der Waals surface area contributed by atoms with Gasteiger partial charge in [-0.1, -0.05) is 35.1 Å². The molecular weight excluding hydrogens is 372 g/mol. The summed E-state index contributed by atoms with van der Waals surface area (Å²) in [5.74, 6) is 0.566. The normalized spacial score (nSPS) is 11.9. The standard InChI is InChI=1S/C19H19ClN2O3S/c1-24-10-9-22-16-8-5-14(20)12-17(16)26-19(22)21-18(23)11-13-3-6-15(25-2)7-4-13/h3-8,12H,9-11H2,1-2H3. The van der Waals surface area contributed by atoms with Gasteiger partial charge in [-0.05, 0) is 35.9 Å². The number of hydrogen-bond donors (Lipinski definition) is 0. The van der Waals surface area contributed by atoms with Crippen molar-refractivity contribution in [1.82, 2.24) is 4.57 Å². The third-order valence-corrected chi connectivity index (χ3v) is 5.17. The second kappa shape index (κ2) is 8.49. The summed E-state index contributed by atoms with van der Waals surface area (Å²) in [5, 5.41) is 0.661. The number of halogens is 1. The van der Waals surface area contributed by atoms with Crippen molar-refractivity contribution in [1.29, 1.82) is 0 Å². The average molecular weight is 391 g/mol. The van der Waals surface area contributed by atoms with Gasteiger partial charge in [0.15, 0.2) is 4.80 Å². The Kier molecular flexibility index (Phi) is 6.08. The SMILES string of the molecule is COCCn1c(=NC(=O)Cc2ccc(OC)cc2)sc2cc(Cl)ccc21. The van der Waals surface area contributed by atoms with Crippen molar-refractivity contribution >= 4 is 39.1 Å². The van der Waals surface area contributed by atoms with Crippen LogP contribution in [0.25, 0.3) is 10.2 Å². The lowest BCUT2D eigenvalue weighted by Crippen LogP contribution is -2.19. The van der Waals surface area contributed by atoms with Gasteiger partial charge in [-0.25, -0.2) is 0 Å². The third-order valence-electron chi connectivity index (χ3n) is 3.90. The molecule has 2 aromatic carbocycles. The number of fused-ring (bicyclic) bond motifs is 1. The lowest BCUT2D eigenvalue weighted by molar-refractivity contribution is -0.117. The van der Waals surface area contributed by atoms with E-state index in [-0.39, 0.29) is 12.3 Å². The third kappa shape index (κ3) is 4.33. The molecule has 0 N–H and O–H groups in total. The van der Waals surface area contributed by atoms with Crippen LogP contribution in [0.5, 0.6) is 5.75 Å². The van der Waals surface area contributed by atoms with E-state index in [1.54, 1.807) is 14.2 Å². The van der Waals surface area contributed by atoms with Crippen LogP contribution in [-0.4, -0.2) is 31.3 Å². The van der Waals surface area contributed by atoms with Gasteiger partial charge in [-0.2, -0.15) is 4.99 Å². The van der Waals surface area contributed by atoms with Crippen LogP contribution in [0.3, 0.4) is 0 Å². The molecule has 0 aliphatic carbocycles. The molecule has 0 spiro atoms. The first-order chi connectivity index (χ1) is 12.6. The van der Waals surface area contributed by atoms with Gasteiger partial charge in [0, 0.05) is 18.7 Å². The summed E-state index contributed by atoms with van der Waals surface area (Å²) in [5.41, 5.74) is 1.89. The fourth-order valence-electron chi connectivity index (χ4n) is 2.60. The number of rotatable bonds is 6. The van der Waals surface area contributed by atoms with Crippen molar-refractivity contribution in [3.05, 3.63) is 57.9 Å². The Balaban J connectivity index is 1.92. The second-order valence-electron chi connectivity index (χ2n) is 5.67. The minimum Gasteiger partial charge on any atom is -0.497 e. The molecule has 0 radical (unpaired) electrons. The first kappa shape index (κ1) is 18.6. The number of methoxy groups -OCH3 is 2. The predicted molar refractivity (Wildman–Crippen MR) is 104 cm³/mol. The molecular formula is C19H19ClN2O3S. The van der Waals surface area contributed by atoms with Crippen LogP contribution in [0.4, 0.5) is 0 Å². The van der Waals surface area contributed by atoms with Gasteiger partial charge in [0.05, 0.1) is 30.4 Å². The maximum Gasteiger partial charge on any atom is 0.252 e.